The summed E-state index contributed by atoms with van der Waals surface area (Å²) in [6, 6.07) is 1.80. The van der Waals surface area contributed by atoms with Crippen LogP contribution in [0.1, 0.15) is 31.0 Å². The first-order valence-electron chi connectivity index (χ1n) is 6.66. The molecule has 2 aromatic heterocycles. The van der Waals surface area contributed by atoms with Gasteiger partial charge in [0.25, 0.3) is 5.92 Å². The molecule has 0 amide bonds. The number of aromatic nitrogens is 2. The van der Waals surface area contributed by atoms with Gasteiger partial charge in [0.2, 0.25) is 0 Å². The van der Waals surface area contributed by atoms with Crippen molar-refractivity contribution in [1.29, 1.82) is 0 Å². The number of rotatable bonds is 2. The lowest BCUT2D eigenvalue weighted by atomic mass is 10.0. The molecule has 3 nitrogen and oxygen atoms in total. The van der Waals surface area contributed by atoms with Crippen molar-refractivity contribution in [2.24, 2.45) is 0 Å². The molecule has 1 fully saturated rings. The highest BCUT2D eigenvalue weighted by Gasteiger charge is 2.53. The van der Waals surface area contributed by atoms with Crippen LogP contribution in [0.3, 0.4) is 0 Å². The van der Waals surface area contributed by atoms with Crippen LogP contribution >= 0.6 is 22.9 Å². The minimum atomic E-state index is -2.91. The second-order valence-corrected chi connectivity index (χ2v) is 7.02. The van der Waals surface area contributed by atoms with Crippen molar-refractivity contribution < 1.29 is 8.78 Å². The Morgan fingerprint density at radius 1 is 1.43 bits per heavy atom. The van der Waals surface area contributed by atoms with Crippen LogP contribution in [0.15, 0.2) is 17.6 Å². The van der Waals surface area contributed by atoms with Crippen LogP contribution < -0.4 is 4.90 Å². The lowest BCUT2D eigenvalue weighted by molar-refractivity contribution is 0.0135. The summed E-state index contributed by atoms with van der Waals surface area (Å²) in [4.78, 5) is 10.3. The summed E-state index contributed by atoms with van der Waals surface area (Å²) in [5, 5.41) is 2.43. The van der Waals surface area contributed by atoms with E-state index in [9.17, 15) is 8.78 Å². The number of nitrogens with zero attached hydrogens (tertiary/aromatic N) is 3. The highest BCUT2D eigenvalue weighted by atomic mass is 35.5. The van der Waals surface area contributed by atoms with Crippen molar-refractivity contribution in [3.63, 3.8) is 0 Å². The van der Waals surface area contributed by atoms with E-state index < -0.39 is 5.92 Å². The lowest BCUT2D eigenvalue weighted by Gasteiger charge is -2.16. The van der Waals surface area contributed by atoms with Gasteiger partial charge in [0.05, 0.1) is 5.69 Å². The van der Waals surface area contributed by atoms with Gasteiger partial charge < -0.3 is 4.90 Å². The van der Waals surface area contributed by atoms with E-state index in [0.29, 0.717) is 10.3 Å². The van der Waals surface area contributed by atoms with E-state index in [1.807, 2.05) is 11.1 Å². The van der Waals surface area contributed by atoms with E-state index in [0.717, 1.165) is 37.6 Å². The van der Waals surface area contributed by atoms with Crippen molar-refractivity contribution in [2.75, 3.05) is 11.4 Å². The molecule has 1 saturated carbocycles. The largest absolute Gasteiger partial charge is 0.316 e. The van der Waals surface area contributed by atoms with Gasteiger partial charge in [-0.2, -0.15) is 8.78 Å². The molecule has 0 unspecified atom stereocenters. The Morgan fingerprint density at radius 2 is 2.19 bits per heavy atom. The molecule has 2 aliphatic rings. The third-order valence-corrected chi connectivity index (χ3v) is 5.27. The number of fused-ring (bicyclic) bond motifs is 2. The number of anilines is 2. The fraction of sp³-hybridized carbons (Fsp3) is 0.429. The van der Waals surface area contributed by atoms with Crippen LogP contribution in [-0.4, -0.2) is 16.5 Å². The van der Waals surface area contributed by atoms with E-state index in [1.165, 1.54) is 16.7 Å². The number of pyridine rings is 1. The number of halogens is 3. The lowest BCUT2D eigenvalue weighted by Crippen LogP contribution is -2.19. The molecule has 1 aliphatic heterocycles. The molecule has 2 aromatic rings. The molecule has 0 aromatic carbocycles. The monoisotopic (exact) mass is 327 g/mol. The van der Waals surface area contributed by atoms with Crippen molar-refractivity contribution >= 4 is 33.8 Å². The average Bonchev–Trinajstić information content (AvgIpc) is 2.88. The molecule has 0 atom stereocenters. The molecule has 0 saturated heterocycles. The normalized spacial score (nSPS) is 19.1. The maximum absolute atomic E-state index is 13.4. The number of alkyl halides is 2. The second-order valence-electron chi connectivity index (χ2n) is 5.79. The molecule has 1 spiro atoms. The first-order chi connectivity index (χ1) is 9.89. The molecule has 21 heavy (non-hydrogen) atoms. The first-order valence-corrected chi connectivity index (χ1v) is 7.92. The summed E-state index contributed by atoms with van der Waals surface area (Å²) in [6.45, 7) is 1.64. The Bertz CT molecular complexity index is 721. The predicted octanol–water partition coefficient (Wildman–Crippen LogP) is 4.49. The predicted molar refractivity (Wildman–Crippen MR) is 78.8 cm³/mol. The zero-order valence-corrected chi connectivity index (χ0v) is 12.8. The van der Waals surface area contributed by atoms with Crippen LogP contribution in [-0.2, 0) is 11.3 Å². The smallest absolute Gasteiger partial charge is 0.287 e. The molecule has 0 bridgehead atoms. The van der Waals surface area contributed by atoms with E-state index in [4.69, 9.17) is 11.6 Å². The van der Waals surface area contributed by atoms with Crippen molar-refractivity contribution in [3.05, 3.63) is 34.1 Å². The van der Waals surface area contributed by atoms with Gasteiger partial charge in [-0.1, -0.05) is 11.6 Å². The van der Waals surface area contributed by atoms with Crippen molar-refractivity contribution in [2.45, 2.75) is 31.1 Å². The zero-order valence-electron chi connectivity index (χ0n) is 11.2. The second kappa shape index (κ2) is 4.14. The van der Waals surface area contributed by atoms with Gasteiger partial charge in [-0.3, -0.25) is 0 Å². The van der Waals surface area contributed by atoms with E-state index in [-0.39, 0.29) is 11.1 Å². The maximum Gasteiger partial charge on any atom is 0.287 e. The Kier molecular flexibility index (Phi) is 2.64. The third kappa shape index (κ3) is 2.04. The van der Waals surface area contributed by atoms with E-state index in [1.54, 1.807) is 6.07 Å². The van der Waals surface area contributed by atoms with Crippen molar-refractivity contribution in [3.8, 4) is 0 Å². The fourth-order valence-electron chi connectivity index (χ4n) is 2.86. The van der Waals surface area contributed by atoms with Gasteiger partial charge in [-0.05, 0) is 18.9 Å². The fourth-order valence-corrected chi connectivity index (χ4v) is 3.93. The van der Waals surface area contributed by atoms with E-state index in [2.05, 4.69) is 9.97 Å². The molecule has 0 radical (unpaired) electrons. The van der Waals surface area contributed by atoms with Crippen LogP contribution in [0, 0.1) is 0 Å². The number of hydrogen-bond donors (Lipinski definition) is 0. The minimum absolute atomic E-state index is 0.119. The summed E-state index contributed by atoms with van der Waals surface area (Å²) >= 11 is 7.24. The Labute approximate surface area is 129 Å². The molecule has 4 rings (SSSR count). The zero-order chi connectivity index (χ0) is 14.8. The van der Waals surface area contributed by atoms with Gasteiger partial charge in [0.15, 0.2) is 5.13 Å². The highest BCUT2D eigenvalue weighted by molar-refractivity contribution is 7.13. The molecule has 0 N–H and O–H groups in total. The molecule has 3 heterocycles. The third-order valence-electron chi connectivity index (χ3n) is 4.20. The molecule has 7 heteroatoms. The van der Waals surface area contributed by atoms with Crippen LogP contribution in [0.5, 0.6) is 0 Å². The van der Waals surface area contributed by atoms with Gasteiger partial charge in [0.1, 0.15) is 10.8 Å². The summed E-state index contributed by atoms with van der Waals surface area (Å²) in [5.41, 5.74) is 2.05. The van der Waals surface area contributed by atoms with Gasteiger partial charge in [-0.15, -0.1) is 11.3 Å². The standard InChI is InChI=1S/C14H12ClF2N3S/c1-13(16,17)10-6-21-12(19-10)20-7-14(2-3-14)8-5-18-11(15)4-9(8)20/h4-6H,2-3,7H2,1H3. The molecule has 1 aliphatic carbocycles. The van der Waals surface area contributed by atoms with Crippen LogP contribution in [0.2, 0.25) is 5.15 Å². The molecule has 110 valence electrons. The van der Waals surface area contributed by atoms with Crippen LogP contribution in [0.25, 0.3) is 0 Å². The van der Waals surface area contributed by atoms with Crippen LogP contribution in [0.4, 0.5) is 19.6 Å². The average molecular weight is 328 g/mol. The summed E-state index contributed by atoms with van der Waals surface area (Å²) in [6.07, 6.45) is 4.01. The number of thiazole rings is 1. The maximum atomic E-state index is 13.4. The van der Waals surface area contributed by atoms with Gasteiger partial charge >= 0.3 is 0 Å². The molecular weight excluding hydrogens is 316 g/mol. The van der Waals surface area contributed by atoms with Crippen molar-refractivity contribution in [1.82, 2.24) is 9.97 Å². The quantitative estimate of drug-likeness (QED) is 0.761. The highest BCUT2D eigenvalue weighted by Crippen LogP contribution is 2.58. The molecular formula is C14H12ClF2N3S. The Hall–Kier alpha value is -1.27. The Balaban J connectivity index is 1.78. The minimum Gasteiger partial charge on any atom is -0.316 e. The summed E-state index contributed by atoms with van der Waals surface area (Å²) < 4.78 is 26.7. The SMILES string of the molecule is CC(F)(F)c1csc(N2CC3(CC3)c3cnc(Cl)cc32)n1. The topological polar surface area (TPSA) is 29.0 Å². The number of hydrogen-bond acceptors (Lipinski definition) is 4. The summed E-state index contributed by atoms with van der Waals surface area (Å²) in [7, 11) is 0. The Morgan fingerprint density at radius 3 is 2.81 bits per heavy atom. The first kappa shape index (κ1) is 13.4. The van der Waals surface area contributed by atoms with Gasteiger partial charge in [-0.25, -0.2) is 9.97 Å². The van der Waals surface area contributed by atoms with Gasteiger partial charge in [0, 0.05) is 36.0 Å². The summed E-state index contributed by atoms with van der Waals surface area (Å²) in [5.74, 6) is -2.91. The van der Waals surface area contributed by atoms with E-state index >= 15 is 0 Å².